The van der Waals surface area contributed by atoms with Gasteiger partial charge in [0.05, 0.1) is 5.69 Å². The Bertz CT molecular complexity index is 1030. The molecule has 3 aromatic rings. The molecule has 9 heteroatoms. The van der Waals surface area contributed by atoms with Gasteiger partial charge in [-0.3, -0.25) is 4.98 Å². The second kappa shape index (κ2) is 8.71. The summed E-state index contributed by atoms with van der Waals surface area (Å²) in [6.07, 6.45) is 7.37. The zero-order valence-electron chi connectivity index (χ0n) is 17.3. The number of urea groups is 1. The van der Waals surface area contributed by atoms with Gasteiger partial charge in [0.15, 0.2) is 5.82 Å². The van der Waals surface area contributed by atoms with Gasteiger partial charge < -0.3 is 19.6 Å². The normalized spacial score (nSPS) is 17.2. The molecule has 9 nitrogen and oxygen atoms in total. The summed E-state index contributed by atoms with van der Waals surface area (Å²) in [7, 11) is 0. The number of hydrogen-bond acceptors (Lipinski definition) is 7. The molecule has 5 heterocycles. The number of carbonyl (C=O) groups excluding carboxylic acids is 1. The van der Waals surface area contributed by atoms with Crippen molar-refractivity contribution < 1.29 is 9.32 Å². The molecule has 0 spiro atoms. The van der Waals surface area contributed by atoms with Crippen molar-refractivity contribution in [2.24, 2.45) is 0 Å². The van der Waals surface area contributed by atoms with Crippen molar-refractivity contribution in [1.29, 1.82) is 0 Å². The molecule has 0 aromatic carbocycles. The topological polar surface area (TPSA) is 100 Å². The number of hydrogen-bond donors (Lipinski definition) is 1. The minimum absolute atomic E-state index is 0.0911. The third-order valence-corrected chi connectivity index (χ3v) is 5.90. The van der Waals surface area contributed by atoms with Crippen LogP contribution < -0.4 is 10.2 Å². The smallest absolute Gasteiger partial charge is 0.321 e. The number of amides is 2. The Kier molecular flexibility index (Phi) is 5.47. The monoisotopic (exact) mass is 419 g/mol. The molecule has 3 aromatic heterocycles. The summed E-state index contributed by atoms with van der Waals surface area (Å²) in [5.41, 5.74) is 1.47. The Morgan fingerprint density at radius 2 is 1.81 bits per heavy atom. The van der Waals surface area contributed by atoms with Crippen LogP contribution in [-0.4, -0.2) is 57.2 Å². The van der Waals surface area contributed by atoms with E-state index in [0.717, 1.165) is 50.3 Å². The summed E-state index contributed by atoms with van der Waals surface area (Å²) in [6.45, 7) is 3.24. The van der Waals surface area contributed by atoms with Crippen LogP contribution in [0.2, 0.25) is 0 Å². The van der Waals surface area contributed by atoms with Crippen LogP contribution in [0.5, 0.6) is 0 Å². The van der Waals surface area contributed by atoms with Gasteiger partial charge in [0.1, 0.15) is 5.69 Å². The van der Waals surface area contributed by atoms with Gasteiger partial charge in [-0.15, -0.1) is 0 Å². The van der Waals surface area contributed by atoms with Gasteiger partial charge in [-0.2, -0.15) is 4.98 Å². The van der Waals surface area contributed by atoms with Crippen LogP contribution in [0.1, 0.15) is 37.5 Å². The minimum Gasteiger partial charge on any atom is -0.355 e. The lowest BCUT2D eigenvalue weighted by atomic mass is 9.97. The number of likely N-dealkylation sites (tertiary alicyclic amines) is 1. The van der Waals surface area contributed by atoms with Crippen LogP contribution in [0, 0.1) is 0 Å². The van der Waals surface area contributed by atoms with Crippen LogP contribution >= 0.6 is 0 Å². The van der Waals surface area contributed by atoms with Gasteiger partial charge in [0.2, 0.25) is 11.7 Å². The number of piperidine rings is 1. The Morgan fingerprint density at radius 3 is 2.58 bits per heavy atom. The Balaban J connectivity index is 1.20. The highest BCUT2D eigenvalue weighted by molar-refractivity contribution is 5.92. The van der Waals surface area contributed by atoms with Gasteiger partial charge in [-0.25, -0.2) is 9.78 Å². The highest BCUT2D eigenvalue weighted by Crippen LogP contribution is 2.30. The van der Waals surface area contributed by atoms with Crippen LogP contribution in [0.4, 0.5) is 16.3 Å². The SMILES string of the molecule is O=C(Nc1cccnc1N1CCCC1)N1CCC(c2nc(-c3ccccn3)no2)CC1. The highest BCUT2D eigenvalue weighted by Gasteiger charge is 2.28. The van der Waals surface area contributed by atoms with Crippen molar-refractivity contribution >= 4 is 17.5 Å². The first-order valence-corrected chi connectivity index (χ1v) is 10.8. The zero-order chi connectivity index (χ0) is 21.0. The fourth-order valence-electron chi connectivity index (χ4n) is 4.20. The first kappa shape index (κ1) is 19.5. The maximum absolute atomic E-state index is 12.9. The fourth-order valence-corrected chi connectivity index (χ4v) is 4.20. The van der Waals surface area contributed by atoms with Gasteiger partial charge in [-0.05, 0) is 49.9 Å². The molecule has 0 bridgehead atoms. The van der Waals surface area contributed by atoms with E-state index in [0.29, 0.717) is 30.5 Å². The molecule has 0 unspecified atom stereocenters. The molecule has 1 N–H and O–H groups in total. The first-order valence-electron chi connectivity index (χ1n) is 10.8. The fraction of sp³-hybridized carbons (Fsp3) is 0.409. The molecule has 2 saturated heterocycles. The van der Waals surface area contributed by atoms with Gasteiger partial charge in [-0.1, -0.05) is 11.2 Å². The number of anilines is 2. The maximum Gasteiger partial charge on any atom is 0.321 e. The van der Waals surface area contributed by atoms with E-state index in [1.807, 2.05) is 35.2 Å². The molecule has 0 radical (unpaired) electrons. The molecular weight excluding hydrogens is 394 g/mol. The molecule has 0 atom stereocenters. The summed E-state index contributed by atoms with van der Waals surface area (Å²) < 4.78 is 5.49. The highest BCUT2D eigenvalue weighted by atomic mass is 16.5. The van der Waals surface area contributed by atoms with Gasteiger partial charge in [0.25, 0.3) is 0 Å². The average molecular weight is 419 g/mol. The van der Waals surface area contributed by atoms with Crippen molar-refractivity contribution in [2.75, 3.05) is 36.4 Å². The van der Waals surface area contributed by atoms with Crippen molar-refractivity contribution in [1.82, 2.24) is 25.0 Å². The molecular formula is C22H25N7O2. The zero-order valence-corrected chi connectivity index (χ0v) is 17.3. The molecule has 2 aliphatic rings. The summed E-state index contributed by atoms with van der Waals surface area (Å²) in [5, 5.41) is 7.13. The number of rotatable bonds is 4. The number of carbonyl (C=O) groups is 1. The molecule has 2 fully saturated rings. The van der Waals surface area contributed by atoms with Crippen molar-refractivity contribution in [2.45, 2.75) is 31.6 Å². The summed E-state index contributed by atoms with van der Waals surface area (Å²) in [5.74, 6) is 2.12. The molecule has 160 valence electrons. The third-order valence-electron chi connectivity index (χ3n) is 5.90. The quantitative estimate of drug-likeness (QED) is 0.690. The lowest BCUT2D eigenvalue weighted by Gasteiger charge is -2.31. The molecule has 2 amide bonds. The van der Waals surface area contributed by atoms with Crippen LogP contribution in [0.15, 0.2) is 47.2 Å². The Hall–Kier alpha value is -3.49. The van der Waals surface area contributed by atoms with E-state index in [1.54, 1.807) is 12.4 Å². The molecule has 5 rings (SSSR count). The van der Waals surface area contributed by atoms with Crippen LogP contribution in [-0.2, 0) is 0 Å². The Labute approximate surface area is 180 Å². The molecule has 2 aliphatic heterocycles. The van der Waals surface area contributed by atoms with E-state index in [9.17, 15) is 4.79 Å². The largest absolute Gasteiger partial charge is 0.355 e. The van der Waals surface area contributed by atoms with Crippen molar-refractivity contribution in [3.63, 3.8) is 0 Å². The maximum atomic E-state index is 12.9. The number of pyridine rings is 2. The third kappa shape index (κ3) is 4.21. The predicted molar refractivity (Wildman–Crippen MR) is 116 cm³/mol. The second-order valence-electron chi connectivity index (χ2n) is 7.93. The second-order valence-corrected chi connectivity index (χ2v) is 7.93. The van der Waals surface area contributed by atoms with E-state index < -0.39 is 0 Å². The molecule has 0 saturated carbocycles. The number of nitrogens with one attached hydrogen (secondary N) is 1. The molecule has 31 heavy (non-hydrogen) atoms. The minimum atomic E-state index is -0.0911. The van der Waals surface area contributed by atoms with Crippen molar-refractivity contribution in [3.05, 3.63) is 48.6 Å². The van der Waals surface area contributed by atoms with Crippen molar-refractivity contribution in [3.8, 4) is 11.5 Å². The van der Waals surface area contributed by atoms with Gasteiger partial charge >= 0.3 is 6.03 Å². The van der Waals surface area contributed by atoms with Crippen LogP contribution in [0.3, 0.4) is 0 Å². The summed E-state index contributed by atoms with van der Waals surface area (Å²) in [6, 6.07) is 9.29. The van der Waals surface area contributed by atoms with E-state index in [2.05, 4.69) is 30.3 Å². The lowest BCUT2D eigenvalue weighted by molar-refractivity contribution is 0.187. The van der Waals surface area contributed by atoms with E-state index >= 15 is 0 Å². The van der Waals surface area contributed by atoms with E-state index in [1.165, 1.54) is 0 Å². The van der Waals surface area contributed by atoms with Gasteiger partial charge in [0, 0.05) is 44.5 Å². The summed E-state index contributed by atoms with van der Waals surface area (Å²) >= 11 is 0. The van der Waals surface area contributed by atoms with E-state index in [-0.39, 0.29) is 11.9 Å². The Morgan fingerprint density at radius 1 is 1.00 bits per heavy atom. The summed E-state index contributed by atoms with van der Waals surface area (Å²) in [4.78, 5) is 30.2. The average Bonchev–Trinajstić information content (AvgIpc) is 3.53. The first-order chi connectivity index (χ1) is 15.3. The standard InChI is InChI=1S/C22H25N7O2/c30-22(25-18-7-5-11-24-20(18)28-12-3-4-13-28)29-14-8-16(9-15-29)21-26-19(27-31-21)17-6-1-2-10-23-17/h1-2,5-7,10-11,16H,3-4,8-9,12-15H2,(H,25,30). The lowest BCUT2D eigenvalue weighted by Crippen LogP contribution is -2.41. The molecule has 0 aliphatic carbocycles. The number of nitrogens with zero attached hydrogens (tertiary/aromatic N) is 6. The van der Waals surface area contributed by atoms with E-state index in [4.69, 9.17) is 4.52 Å². The predicted octanol–water partition coefficient (Wildman–Crippen LogP) is 3.54. The van der Waals surface area contributed by atoms with Crippen LogP contribution in [0.25, 0.3) is 11.5 Å². The number of aromatic nitrogens is 4.